The number of piperidine rings is 1. The molecule has 1 rings (SSSR count). The molecule has 1 aliphatic rings. The molecule has 1 aliphatic heterocycles. The van der Waals surface area contributed by atoms with Gasteiger partial charge in [0.2, 0.25) is 0 Å². The zero-order chi connectivity index (χ0) is 12.9. The molecule has 0 radical (unpaired) electrons. The maximum atomic E-state index is 10.7. The first-order valence-corrected chi connectivity index (χ1v) is 6.65. The number of nitrogens with zero attached hydrogens (tertiary/aromatic N) is 1. The summed E-state index contributed by atoms with van der Waals surface area (Å²) < 4.78 is 0. The van der Waals surface area contributed by atoms with Crippen molar-refractivity contribution in [3.8, 4) is 0 Å². The minimum Gasteiger partial charge on any atom is -0.481 e. The Kier molecular flexibility index (Phi) is 5.40. The molecular weight excluding hydrogens is 218 g/mol. The average molecular weight is 243 g/mol. The lowest BCUT2D eigenvalue weighted by molar-refractivity contribution is -0.138. The summed E-state index contributed by atoms with van der Waals surface area (Å²) in [6.07, 6.45) is 3.81. The van der Waals surface area contributed by atoms with Gasteiger partial charge in [0.15, 0.2) is 0 Å². The average Bonchev–Trinajstić information content (AvgIpc) is 2.28. The van der Waals surface area contributed by atoms with Crippen LogP contribution < -0.4 is 0 Å². The predicted molar refractivity (Wildman–Crippen MR) is 66.9 cm³/mol. The molecule has 100 valence electrons. The van der Waals surface area contributed by atoms with E-state index >= 15 is 0 Å². The molecule has 0 saturated carbocycles. The van der Waals surface area contributed by atoms with E-state index in [4.69, 9.17) is 5.11 Å². The van der Waals surface area contributed by atoms with Gasteiger partial charge < -0.3 is 15.1 Å². The molecule has 0 aromatic heterocycles. The van der Waals surface area contributed by atoms with E-state index < -0.39 is 11.6 Å². The normalized spacial score (nSPS) is 22.6. The quantitative estimate of drug-likeness (QED) is 0.746. The Balaban J connectivity index is 2.46. The van der Waals surface area contributed by atoms with Crippen molar-refractivity contribution in [3.63, 3.8) is 0 Å². The molecule has 0 aromatic carbocycles. The highest BCUT2D eigenvalue weighted by molar-refractivity contribution is 5.67. The van der Waals surface area contributed by atoms with Crippen LogP contribution in [0.5, 0.6) is 0 Å². The fourth-order valence-corrected chi connectivity index (χ4v) is 2.60. The van der Waals surface area contributed by atoms with Crippen molar-refractivity contribution in [2.45, 2.75) is 51.6 Å². The Bertz CT molecular complexity index is 251. The molecule has 0 bridgehead atoms. The molecule has 1 heterocycles. The van der Waals surface area contributed by atoms with Gasteiger partial charge >= 0.3 is 5.97 Å². The molecule has 1 atom stereocenters. The van der Waals surface area contributed by atoms with E-state index in [1.165, 1.54) is 0 Å². The van der Waals surface area contributed by atoms with Crippen molar-refractivity contribution in [3.05, 3.63) is 0 Å². The lowest BCUT2D eigenvalue weighted by atomic mass is 9.91. The van der Waals surface area contributed by atoms with E-state index in [9.17, 15) is 9.90 Å². The summed E-state index contributed by atoms with van der Waals surface area (Å²) in [7, 11) is 0. The topological polar surface area (TPSA) is 60.8 Å². The number of carboxylic acid groups (broad SMARTS) is 1. The van der Waals surface area contributed by atoms with Crippen molar-refractivity contribution in [1.29, 1.82) is 0 Å². The summed E-state index contributed by atoms with van der Waals surface area (Å²) in [5.41, 5.74) is -0.606. The molecule has 0 spiro atoms. The fourth-order valence-electron chi connectivity index (χ4n) is 2.60. The van der Waals surface area contributed by atoms with Gasteiger partial charge in [0.05, 0.1) is 5.60 Å². The van der Waals surface area contributed by atoms with Crippen LogP contribution in [-0.4, -0.2) is 46.3 Å². The number of rotatable bonds is 6. The van der Waals surface area contributed by atoms with E-state index in [0.29, 0.717) is 6.54 Å². The molecule has 4 nitrogen and oxygen atoms in total. The van der Waals surface area contributed by atoms with Gasteiger partial charge in [-0.3, -0.25) is 4.79 Å². The van der Waals surface area contributed by atoms with Crippen LogP contribution in [0.4, 0.5) is 0 Å². The first-order valence-electron chi connectivity index (χ1n) is 6.65. The molecule has 0 aliphatic carbocycles. The minimum atomic E-state index is -0.710. The zero-order valence-electron chi connectivity index (χ0n) is 11.0. The van der Waals surface area contributed by atoms with Gasteiger partial charge in [-0.2, -0.15) is 0 Å². The van der Waals surface area contributed by atoms with Crippen LogP contribution in [0.2, 0.25) is 0 Å². The van der Waals surface area contributed by atoms with Crippen molar-refractivity contribution in [2.24, 2.45) is 5.92 Å². The molecule has 0 amide bonds. The smallest absolute Gasteiger partial charge is 0.303 e. The molecule has 2 N–H and O–H groups in total. The van der Waals surface area contributed by atoms with Crippen LogP contribution in [0.3, 0.4) is 0 Å². The summed E-state index contributed by atoms with van der Waals surface area (Å²) in [4.78, 5) is 12.9. The summed E-state index contributed by atoms with van der Waals surface area (Å²) in [5.74, 6) is -0.461. The van der Waals surface area contributed by atoms with E-state index in [-0.39, 0.29) is 12.3 Å². The maximum Gasteiger partial charge on any atom is 0.303 e. The number of aliphatic hydroxyl groups is 1. The van der Waals surface area contributed by atoms with E-state index in [1.54, 1.807) is 0 Å². The minimum absolute atomic E-state index is 0.249. The number of hydrogen-bond acceptors (Lipinski definition) is 3. The molecule has 4 heteroatoms. The van der Waals surface area contributed by atoms with Crippen LogP contribution in [-0.2, 0) is 4.79 Å². The van der Waals surface area contributed by atoms with Gasteiger partial charge in [-0.15, -0.1) is 0 Å². The standard InChI is InChI=1S/C13H25NO3/c1-3-13(17,4-2)10-14-7-5-6-11(9-14)8-12(15)16/h11,17H,3-10H2,1-2H3,(H,15,16). The van der Waals surface area contributed by atoms with Gasteiger partial charge in [0.1, 0.15) is 0 Å². The number of aliphatic carboxylic acids is 1. The Labute approximate surface area is 104 Å². The molecule has 17 heavy (non-hydrogen) atoms. The SMILES string of the molecule is CCC(O)(CC)CN1CCCC(CC(=O)O)C1. The number of carbonyl (C=O) groups is 1. The largest absolute Gasteiger partial charge is 0.481 e. The summed E-state index contributed by atoms with van der Waals surface area (Å²) >= 11 is 0. The van der Waals surface area contributed by atoms with E-state index in [2.05, 4.69) is 4.90 Å². The zero-order valence-corrected chi connectivity index (χ0v) is 11.0. The second-order valence-electron chi connectivity index (χ2n) is 5.27. The van der Waals surface area contributed by atoms with Gasteiger partial charge in [-0.05, 0) is 38.1 Å². The van der Waals surface area contributed by atoms with Crippen LogP contribution in [0.25, 0.3) is 0 Å². The summed E-state index contributed by atoms with van der Waals surface area (Å²) in [6.45, 7) is 6.48. The predicted octanol–water partition coefficient (Wildman–Crippen LogP) is 1.72. The molecule has 0 aromatic rings. The second-order valence-corrected chi connectivity index (χ2v) is 5.27. The first kappa shape index (κ1) is 14.5. The molecule has 1 saturated heterocycles. The number of hydrogen-bond donors (Lipinski definition) is 2. The third-order valence-corrected chi connectivity index (χ3v) is 3.90. The van der Waals surface area contributed by atoms with Crippen molar-refractivity contribution in [2.75, 3.05) is 19.6 Å². The Morgan fingerprint density at radius 1 is 1.41 bits per heavy atom. The molecular formula is C13H25NO3. The molecule has 1 unspecified atom stereocenters. The van der Waals surface area contributed by atoms with Crippen LogP contribution in [0, 0.1) is 5.92 Å². The summed E-state index contributed by atoms with van der Waals surface area (Å²) in [5, 5.41) is 19.1. The maximum absolute atomic E-state index is 10.7. The Morgan fingerprint density at radius 3 is 2.59 bits per heavy atom. The Hall–Kier alpha value is -0.610. The number of carboxylic acids is 1. The monoisotopic (exact) mass is 243 g/mol. The van der Waals surface area contributed by atoms with Crippen LogP contribution in [0.15, 0.2) is 0 Å². The second kappa shape index (κ2) is 6.36. The summed E-state index contributed by atoms with van der Waals surface area (Å²) in [6, 6.07) is 0. The third-order valence-electron chi connectivity index (χ3n) is 3.90. The fraction of sp³-hybridized carbons (Fsp3) is 0.923. The van der Waals surface area contributed by atoms with Gasteiger partial charge in [0.25, 0.3) is 0 Å². The highest BCUT2D eigenvalue weighted by atomic mass is 16.4. The van der Waals surface area contributed by atoms with Gasteiger partial charge in [0, 0.05) is 19.5 Å². The highest BCUT2D eigenvalue weighted by Crippen LogP contribution is 2.23. The van der Waals surface area contributed by atoms with Crippen molar-refractivity contribution in [1.82, 2.24) is 4.90 Å². The lowest BCUT2D eigenvalue weighted by Gasteiger charge is -2.37. The van der Waals surface area contributed by atoms with E-state index in [1.807, 2.05) is 13.8 Å². The van der Waals surface area contributed by atoms with Gasteiger partial charge in [-0.25, -0.2) is 0 Å². The van der Waals surface area contributed by atoms with Crippen molar-refractivity contribution >= 4 is 5.97 Å². The highest BCUT2D eigenvalue weighted by Gasteiger charge is 2.29. The Morgan fingerprint density at radius 2 is 2.06 bits per heavy atom. The third kappa shape index (κ3) is 4.64. The van der Waals surface area contributed by atoms with E-state index in [0.717, 1.165) is 38.8 Å². The van der Waals surface area contributed by atoms with Crippen LogP contribution >= 0.6 is 0 Å². The number of likely N-dealkylation sites (tertiary alicyclic amines) is 1. The van der Waals surface area contributed by atoms with Crippen LogP contribution in [0.1, 0.15) is 46.0 Å². The van der Waals surface area contributed by atoms with Crippen molar-refractivity contribution < 1.29 is 15.0 Å². The molecule has 1 fully saturated rings. The van der Waals surface area contributed by atoms with Gasteiger partial charge in [-0.1, -0.05) is 13.8 Å². The first-order chi connectivity index (χ1) is 7.99. The lowest BCUT2D eigenvalue weighted by Crippen LogP contribution is -2.46. The number of β-amino-alcohol motifs (C(OH)–C–C–N with tert-alkyl or cyclic N) is 1.